The highest BCUT2D eigenvalue weighted by Gasteiger charge is 2.11. The smallest absolute Gasteiger partial charge is 0.146 e. The molecule has 4 heteroatoms. The molecule has 0 bridgehead atoms. The molecule has 0 heterocycles. The third-order valence-corrected chi connectivity index (χ3v) is 2.40. The summed E-state index contributed by atoms with van der Waals surface area (Å²) < 4.78 is 13.7. The van der Waals surface area contributed by atoms with E-state index in [1.165, 1.54) is 6.07 Å². The lowest BCUT2D eigenvalue weighted by Gasteiger charge is -2.22. The third-order valence-electron chi connectivity index (χ3n) is 2.40. The van der Waals surface area contributed by atoms with Crippen molar-refractivity contribution in [2.75, 3.05) is 18.5 Å². The molecule has 90 valence electrons. The van der Waals surface area contributed by atoms with Crippen LogP contribution in [0, 0.1) is 5.82 Å². The largest absolute Gasteiger partial charge is 0.392 e. The molecule has 2 N–H and O–H groups in total. The molecule has 3 nitrogen and oxygen atoms in total. The molecule has 0 aliphatic rings. The fourth-order valence-electron chi connectivity index (χ4n) is 1.59. The van der Waals surface area contributed by atoms with E-state index in [0.717, 1.165) is 0 Å². The fraction of sp³-hybridized carbons (Fsp3) is 0.500. The first-order chi connectivity index (χ1) is 7.41. The van der Waals surface area contributed by atoms with Gasteiger partial charge in [-0.05, 0) is 31.5 Å². The number of nitrogens with zero attached hydrogens (tertiary/aromatic N) is 1. The van der Waals surface area contributed by atoms with Crippen molar-refractivity contribution in [3.63, 3.8) is 0 Å². The SMILES string of the molecule is CC(O)CN(C)c1ccc([C@@H](C)O)cc1F. The van der Waals surface area contributed by atoms with Gasteiger partial charge in [0, 0.05) is 13.6 Å². The molecule has 1 aromatic carbocycles. The number of anilines is 1. The topological polar surface area (TPSA) is 43.7 Å². The Morgan fingerprint density at radius 2 is 1.94 bits per heavy atom. The predicted octanol–water partition coefficient (Wildman–Crippen LogP) is 1.70. The Bertz CT molecular complexity index is 353. The number of likely N-dealkylation sites (N-methyl/N-ethyl adjacent to an activating group) is 1. The fourth-order valence-corrected chi connectivity index (χ4v) is 1.59. The highest BCUT2D eigenvalue weighted by molar-refractivity contribution is 5.48. The maximum Gasteiger partial charge on any atom is 0.146 e. The van der Waals surface area contributed by atoms with Crippen LogP contribution in [0.2, 0.25) is 0 Å². The van der Waals surface area contributed by atoms with Crippen LogP contribution in [0.3, 0.4) is 0 Å². The molecule has 1 unspecified atom stereocenters. The van der Waals surface area contributed by atoms with Gasteiger partial charge < -0.3 is 15.1 Å². The zero-order valence-corrected chi connectivity index (χ0v) is 9.81. The van der Waals surface area contributed by atoms with Crippen LogP contribution in [0.4, 0.5) is 10.1 Å². The number of aliphatic hydroxyl groups excluding tert-OH is 2. The van der Waals surface area contributed by atoms with Crippen LogP contribution >= 0.6 is 0 Å². The summed E-state index contributed by atoms with van der Waals surface area (Å²) in [5, 5.41) is 18.5. The van der Waals surface area contributed by atoms with Gasteiger partial charge >= 0.3 is 0 Å². The minimum atomic E-state index is -0.675. The Hall–Kier alpha value is -1.13. The van der Waals surface area contributed by atoms with Crippen LogP contribution in [0.15, 0.2) is 18.2 Å². The summed E-state index contributed by atoms with van der Waals surface area (Å²) in [6, 6.07) is 4.61. The molecule has 0 spiro atoms. The summed E-state index contributed by atoms with van der Waals surface area (Å²) in [5.74, 6) is -0.387. The first-order valence-corrected chi connectivity index (χ1v) is 5.28. The van der Waals surface area contributed by atoms with Crippen molar-refractivity contribution in [3.8, 4) is 0 Å². The number of aliphatic hydroxyl groups is 2. The minimum Gasteiger partial charge on any atom is -0.392 e. The molecule has 0 amide bonds. The van der Waals surface area contributed by atoms with E-state index in [9.17, 15) is 14.6 Å². The zero-order valence-electron chi connectivity index (χ0n) is 9.81. The van der Waals surface area contributed by atoms with Gasteiger partial charge in [0.25, 0.3) is 0 Å². The number of hydrogen-bond donors (Lipinski definition) is 2. The average Bonchev–Trinajstić information content (AvgIpc) is 2.15. The van der Waals surface area contributed by atoms with E-state index in [1.807, 2.05) is 0 Å². The van der Waals surface area contributed by atoms with Crippen molar-refractivity contribution in [1.82, 2.24) is 0 Å². The van der Waals surface area contributed by atoms with Gasteiger partial charge in [-0.2, -0.15) is 0 Å². The molecule has 2 atom stereocenters. The Labute approximate surface area is 95.1 Å². The van der Waals surface area contributed by atoms with Crippen molar-refractivity contribution in [2.45, 2.75) is 26.1 Å². The molecule has 0 saturated heterocycles. The second kappa shape index (κ2) is 5.27. The van der Waals surface area contributed by atoms with Crippen molar-refractivity contribution < 1.29 is 14.6 Å². The van der Waals surface area contributed by atoms with Gasteiger partial charge in [-0.25, -0.2) is 4.39 Å². The average molecular weight is 227 g/mol. The Morgan fingerprint density at radius 3 is 2.38 bits per heavy atom. The first-order valence-electron chi connectivity index (χ1n) is 5.28. The molecule has 0 radical (unpaired) electrons. The lowest BCUT2D eigenvalue weighted by atomic mass is 10.1. The van der Waals surface area contributed by atoms with Crippen LogP contribution in [-0.4, -0.2) is 29.9 Å². The molecule has 16 heavy (non-hydrogen) atoms. The molecule has 1 rings (SSSR count). The number of benzene rings is 1. The van der Waals surface area contributed by atoms with E-state index in [1.54, 1.807) is 37.9 Å². The quantitative estimate of drug-likeness (QED) is 0.822. The van der Waals surface area contributed by atoms with Gasteiger partial charge in [0.1, 0.15) is 5.82 Å². The minimum absolute atomic E-state index is 0.366. The van der Waals surface area contributed by atoms with Gasteiger partial charge in [-0.1, -0.05) is 6.07 Å². The number of halogens is 1. The summed E-state index contributed by atoms with van der Waals surface area (Å²) in [6.07, 6.45) is -1.19. The second-order valence-electron chi connectivity index (χ2n) is 4.12. The lowest BCUT2D eigenvalue weighted by Crippen LogP contribution is -2.27. The standard InChI is InChI=1S/C12H18FNO2/c1-8(15)7-14(3)12-5-4-10(9(2)16)6-11(12)13/h4-6,8-9,15-16H,7H2,1-3H3/t8?,9-/m1/s1. The molecular weight excluding hydrogens is 209 g/mol. The van der Waals surface area contributed by atoms with Gasteiger partial charge in [-0.3, -0.25) is 0 Å². The number of rotatable bonds is 4. The van der Waals surface area contributed by atoms with Crippen LogP contribution in [0.5, 0.6) is 0 Å². The molecule has 0 fully saturated rings. The van der Waals surface area contributed by atoms with Gasteiger partial charge in [0.2, 0.25) is 0 Å². The molecule has 0 saturated carbocycles. The first kappa shape index (κ1) is 12.9. The van der Waals surface area contributed by atoms with E-state index >= 15 is 0 Å². The summed E-state index contributed by atoms with van der Waals surface area (Å²) in [5.41, 5.74) is 0.969. The van der Waals surface area contributed by atoms with Crippen LogP contribution in [0.25, 0.3) is 0 Å². The number of hydrogen-bond acceptors (Lipinski definition) is 3. The van der Waals surface area contributed by atoms with Crippen molar-refractivity contribution in [3.05, 3.63) is 29.6 Å². The monoisotopic (exact) mass is 227 g/mol. The van der Waals surface area contributed by atoms with Crippen LogP contribution in [0.1, 0.15) is 25.5 Å². The van der Waals surface area contributed by atoms with E-state index in [-0.39, 0.29) is 5.82 Å². The highest BCUT2D eigenvalue weighted by atomic mass is 19.1. The molecule has 1 aromatic rings. The molecule has 0 aliphatic carbocycles. The highest BCUT2D eigenvalue weighted by Crippen LogP contribution is 2.22. The van der Waals surface area contributed by atoms with Gasteiger partial charge in [-0.15, -0.1) is 0 Å². The third kappa shape index (κ3) is 3.18. The Balaban J connectivity index is 2.90. The maximum atomic E-state index is 13.7. The van der Waals surface area contributed by atoms with Crippen LogP contribution < -0.4 is 4.90 Å². The predicted molar refractivity (Wildman–Crippen MR) is 62.0 cm³/mol. The van der Waals surface area contributed by atoms with Crippen molar-refractivity contribution in [1.29, 1.82) is 0 Å². The van der Waals surface area contributed by atoms with E-state index in [4.69, 9.17) is 0 Å². The molecule has 0 aliphatic heterocycles. The van der Waals surface area contributed by atoms with E-state index in [2.05, 4.69) is 0 Å². The van der Waals surface area contributed by atoms with Crippen LogP contribution in [-0.2, 0) is 0 Å². The second-order valence-corrected chi connectivity index (χ2v) is 4.12. The Kier molecular flexibility index (Phi) is 4.26. The Morgan fingerprint density at radius 1 is 1.31 bits per heavy atom. The normalized spacial score (nSPS) is 14.6. The van der Waals surface area contributed by atoms with E-state index < -0.39 is 12.2 Å². The lowest BCUT2D eigenvalue weighted by molar-refractivity contribution is 0.198. The van der Waals surface area contributed by atoms with Gasteiger partial charge in [0.15, 0.2) is 0 Å². The summed E-state index contributed by atoms with van der Waals surface area (Å²) in [7, 11) is 1.72. The summed E-state index contributed by atoms with van der Waals surface area (Å²) in [6.45, 7) is 3.61. The van der Waals surface area contributed by atoms with Crippen molar-refractivity contribution >= 4 is 5.69 Å². The molecular formula is C12H18FNO2. The van der Waals surface area contributed by atoms with E-state index in [0.29, 0.717) is 17.8 Å². The maximum absolute atomic E-state index is 13.7. The van der Waals surface area contributed by atoms with Crippen molar-refractivity contribution in [2.24, 2.45) is 0 Å². The summed E-state index contributed by atoms with van der Waals surface area (Å²) in [4.78, 5) is 1.64. The molecule has 0 aromatic heterocycles. The van der Waals surface area contributed by atoms with Gasteiger partial charge in [0.05, 0.1) is 17.9 Å². The summed E-state index contributed by atoms with van der Waals surface area (Å²) >= 11 is 0. The zero-order chi connectivity index (χ0) is 12.3.